The van der Waals surface area contributed by atoms with Crippen LogP contribution in [0.3, 0.4) is 0 Å². The van der Waals surface area contributed by atoms with E-state index in [1.54, 1.807) is 6.20 Å². The SMILES string of the molecule is Cc1ccnc(NC(=O)C2CCN(CCC(=O)Nc3ccc(Br)cc3)CC2)c1. The van der Waals surface area contributed by atoms with Gasteiger partial charge in [-0.2, -0.15) is 0 Å². The molecule has 0 aliphatic carbocycles. The maximum Gasteiger partial charge on any atom is 0.228 e. The maximum absolute atomic E-state index is 12.4. The number of benzene rings is 1. The first-order valence-electron chi connectivity index (χ1n) is 9.51. The largest absolute Gasteiger partial charge is 0.326 e. The average molecular weight is 445 g/mol. The molecule has 1 aromatic heterocycles. The summed E-state index contributed by atoms with van der Waals surface area (Å²) in [5.74, 6) is 0.644. The Morgan fingerprint density at radius 3 is 2.54 bits per heavy atom. The lowest BCUT2D eigenvalue weighted by Gasteiger charge is -2.31. The van der Waals surface area contributed by atoms with Crippen molar-refractivity contribution in [3.63, 3.8) is 0 Å². The zero-order chi connectivity index (χ0) is 19.9. The summed E-state index contributed by atoms with van der Waals surface area (Å²) >= 11 is 3.38. The number of likely N-dealkylation sites (tertiary alicyclic amines) is 1. The van der Waals surface area contributed by atoms with Gasteiger partial charge in [0.25, 0.3) is 0 Å². The number of carbonyl (C=O) groups is 2. The molecule has 2 N–H and O–H groups in total. The fraction of sp³-hybridized carbons (Fsp3) is 0.381. The van der Waals surface area contributed by atoms with Crippen LogP contribution in [0.5, 0.6) is 0 Å². The summed E-state index contributed by atoms with van der Waals surface area (Å²) in [5.41, 5.74) is 1.87. The lowest BCUT2D eigenvalue weighted by atomic mass is 9.96. The number of anilines is 2. The predicted octanol–water partition coefficient (Wildman–Crippen LogP) is 3.83. The van der Waals surface area contributed by atoms with E-state index >= 15 is 0 Å². The number of pyridine rings is 1. The number of amides is 2. The summed E-state index contributed by atoms with van der Waals surface area (Å²) in [6.45, 7) is 4.33. The van der Waals surface area contributed by atoms with Crippen molar-refractivity contribution in [3.05, 3.63) is 52.6 Å². The third-order valence-corrected chi connectivity index (χ3v) is 5.44. The van der Waals surface area contributed by atoms with Crippen molar-refractivity contribution >= 4 is 39.2 Å². The zero-order valence-corrected chi connectivity index (χ0v) is 17.5. The molecule has 1 aliphatic rings. The smallest absolute Gasteiger partial charge is 0.228 e. The Balaban J connectivity index is 1.38. The third kappa shape index (κ3) is 6.14. The first-order chi connectivity index (χ1) is 13.5. The van der Waals surface area contributed by atoms with Gasteiger partial charge in [-0.05, 0) is 74.8 Å². The van der Waals surface area contributed by atoms with Gasteiger partial charge in [0, 0.05) is 35.2 Å². The number of hydrogen-bond acceptors (Lipinski definition) is 4. The number of nitrogens with zero attached hydrogens (tertiary/aromatic N) is 2. The monoisotopic (exact) mass is 444 g/mol. The van der Waals surface area contributed by atoms with Crippen LogP contribution >= 0.6 is 15.9 Å². The highest BCUT2D eigenvalue weighted by atomic mass is 79.9. The minimum absolute atomic E-state index is 0.00449. The molecule has 1 aromatic carbocycles. The van der Waals surface area contributed by atoms with E-state index in [2.05, 4.69) is 36.4 Å². The molecule has 0 spiro atoms. The summed E-state index contributed by atoms with van der Waals surface area (Å²) in [5, 5.41) is 5.82. The van der Waals surface area contributed by atoms with Gasteiger partial charge in [0.15, 0.2) is 0 Å². The van der Waals surface area contributed by atoms with E-state index in [0.29, 0.717) is 18.8 Å². The summed E-state index contributed by atoms with van der Waals surface area (Å²) in [4.78, 5) is 31.0. The van der Waals surface area contributed by atoms with Crippen molar-refractivity contribution < 1.29 is 9.59 Å². The molecule has 1 saturated heterocycles. The number of aromatic nitrogens is 1. The number of carbonyl (C=O) groups excluding carboxylic acids is 2. The Bertz CT molecular complexity index is 817. The Labute approximate surface area is 173 Å². The topological polar surface area (TPSA) is 74.3 Å². The number of aryl methyl sites for hydroxylation is 1. The molecule has 0 radical (unpaired) electrons. The second-order valence-electron chi connectivity index (χ2n) is 7.13. The predicted molar refractivity (Wildman–Crippen MR) is 114 cm³/mol. The van der Waals surface area contributed by atoms with E-state index in [-0.39, 0.29) is 17.7 Å². The molecule has 0 saturated carbocycles. The van der Waals surface area contributed by atoms with Gasteiger partial charge in [0.2, 0.25) is 11.8 Å². The van der Waals surface area contributed by atoms with Gasteiger partial charge < -0.3 is 15.5 Å². The molecule has 6 nitrogen and oxygen atoms in total. The normalized spacial score (nSPS) is 15.2. The van der Waals surface area contributed by atoms with Crippen molar-refractivity contribution in [1.82, 2.24) is 9.88 Å². The average Bonchev–Trinajstić information content (AvgIpc) is 2.68. The first kappa shape index (κ1) is 20.5. The van der Waals surface area contributed by atoms with Gasteiger partial charge in [-0.3, -0.25) is 9.59 Å². The van der Waals surface area contributed by atoms with Crippen LogP contribution in [0, 0.1) is 12.8 Å². The minimum Gasteiger partial charge on any atom is -0.326 e. The van der Waals surface area contributed by atoms with E-state index < -0.39 is 0 Å². The van der Waals surface area contributed by atoms with Gasteiger partial charge in [0.1, 0.15) is 5.82 Å². The molecule has 0 unspecified atom stereocenters. The maximum atomic E-state index is 12.4. The van der Waals surface area contributed by atoms with E-state index in [1.165, 1.54) is 0 Å². The van der Waals surface area contributed by atoms with E-state index in [1.807, 2.05) is 43.3 Å². The highest BCUT2D eigenvalue weighted by molar-refractivity contribution is 9.10. The van der Waals surface area contributed by atoms with Crippen LogP contribution in [0.2, 0.25) is 0 Å². The fourth-order valence-corrected chi connectivity index (χ4v) is 3.53. The minimum atomic E-state index is -0.00449. The molecule has 1 fully saturated rings. The van der Waals surface area contributed by atoms with E-state index in [0.717, 1.165) is 41.7 Å². The van der Waals surface area contributed by atoms with Gasteiger partial charge in [-0.15, -0.1) is 0 Å². The van der Waals surface area contributed by atoms with Crippen LogP contribution in [-0.2, 0) is 9.59 Å². The Morgan fingerprint density at radius 1 is 1.14 bits per heavy atom. The molecular weight excluding hydrogens is 420 g/mol. The summed E-state index contributed by atoms with van der Waals surface area (Å²) in [6, 6.07) is 11.3. The molecule has 0 bridgehead atoms. The molecule has 148 valence electrons. The van der Waals surface area contributed by atoms with Crippen molar-refractivity contribution in [3.8, 4) is 0 Å². The molecule has 0 atom stereocenters. The quantitative estimate of drug-likeness (QED) is 0.709. The highest BCUT2D eigenvalue weighted by Gasteiger charge is 2.25. The van der Waals surface area contributed by atoms with Gasteiger partial charge in [-0.25, -0.2) is 4.98 Å². The highest BCUT2D eigenvalue weighted by Crippen LogP contribution is 2.20. The number of nitrogens with one attached hydrogen (secondary N) is 2. The van der Waals surface area contributed by atoms with Crippen LogP contribution in [0.15, 0.2) is 47.1 Å². The van der Waals surface area contributed by atoms with Crippen LogP contribution < -0.4 is 10.6 Å². The third-order valence-electron chi connectivity index (χ3n) is 4.91. The molecule has 3 rings (SSSR count). The fourth-order valence-electron chi connectivity index (χ4n) is 3.27. The summed E-state index contributed by atoms with van der Waals surface area (Å²) in [7, 11) is 0. The Kier molecular flexibility index (Phi) is 7.17. The number of hydrogen-bond donors (Lipinski definition) is 2. The number of rotatable bonds is 6. The summed E-state index contributed by atoms with van der Waals surface area (Å²) < 4.78 is 0.982. The first-order valence-corrected chi connectivity index (χ1v) is 10.3. The molecule has 1 aliphatic heterocycles. The van der Waals surface area contributed by atoms with Crippen molar-refractivity contribution in [1.29, 1.82) is 0 Å². The number of halogens is 1. The molecule has 7 heteroatoms. The van der Waals surface area contributed by atoms with E-state index in [9.17, 15) is 9.59 Å². The standard InChI is InChI=1S/C21H25BrN4O2/c1-15-6-10-23-19(14-15)25-21(28)16-7-11-26(12-8-16)13-9-20(27)24-18-4-2-17(22)3-5-18/h2-6,10,14,16H,7-9,11-13H2,1H3,(H,24,27)(H,23,25,28). The van der Waals surface area contributed by atoms with Crippen LogP contribution in [0.4, 0.5) is 11.5 Å². The molecule has 2 heterocycles. The Morgan fingerprint density at radius 2 is 1.86 bits per heavy atom. The lowest BCUT2D eigenvalue weighted by molar-refractivity contribution is -0.121. The molecule has 2 amide bonds. The second-order valence-corrected chi connectivity index (χ2v) is 8.04. The molecule has 28 heavy (non-hydrogen) atoms. The van der Waals surface area contributed by atoms with Crippen molar-refractivity contribution in [2.24, 2.45) is 5.92 Å². The van der Waals surface area contributed by atoms with Crippen molar-refractivity contribution in [2.45, 2.75) is 26.2 Å². The molecule has 2 aromatic rings. The van der Waals surface area contributed by atoms with Gasteiger partial charge >= 0.3 is 0 Å². The van der Waals surface area contributed by atoms with Crippen LogP contribution in [0.25, 0.3) is 0 Å². The zero-order valence-electron chi connectivity index (χ0n) is 16.0. The van der Waals surface area contributed by atoms with Crippen molar-refractivity contribution in [2.75, 3.05) is 30.3 Å². The van der Waals surface area contributed by atoms with Gasteiger partial charge in [-0.1, -0.05) is 15.9 Å². The van der Waals surface area contributed by atoms with Crippen LogP contribution in [-0.4, -0.2) is 41.3 Å². The summed E-state index contributed by atoms with van der Waals surface area (Å²) in [6.07, 6.45) is 3.74. The van der Waals surface area contributed by atoms with E-state index in [4.69, 9.17) is 0 Å². The van der Waals surface area contributed by atoms with Gasteiger partial charge in [0.05, 0.1) is 0 Å². The molecular formula is C21H25BrN4O2. The second kappa shape index (κ2) is 9.80. The number of piperidine rings is 1. The lowest BCUT2D eigenvalue weighted by Crippen LogP contribution is -2.39. The Hall–Kier alpha value is -2.25. The van der Waals surface area contributed by atoms with Crippen LogP contribution in [0.1, 0.15) is 24.8 Å².